The van der Waals surface area contributed by atoms with Gasteiger partial charge in [-0.25, -0.2) is 4.79 Å². The number of hydrogen-bond acceptors (Lipinski definition) is 6. The van der Waals surface area contributed by atoms with E-state index in [1.165, 1.54) is 0 Å². The Morgan fingerprint density at radius 3 is 2.47 bits per heavy atom. The van der Waals surface area contributed by atoms with Crippen LogP contribution in [0.5, 0.6) is 5.75 Å². The van der Waals surface area contributed by atoms with Crippen LogP contribution >= 0.6 is 0 Å². The molecular formula is C23H32N4O5. The lowest BCUT2D eigenvalue weighted by Gasteiger charge is -2.35. The SMILES string of the molecule is Cc1cc(OCC(=O)N2CCC(OC3CCNCC3)CC2)ccc1N1CCC(=O)NC1=O. The number of urea groups is 1. The molecule has 3 aliphatic heterocycles. The Hall–Kier alpha value is -2.65. The van der Waals surface area contributed by atoms with Crippen molar-refractivity contribution in [2.75, 3.05) is 44.2 Å². The number of anilines is 1. The molecule has 0 aliphatic carbocycles. The highest BCUT2D eigenvalue weighted by molar-refractivity contribution is 6.05. The number of nitrogens with one attached hydrogen (secondary N) is 2. The number of imide groups is 1. The number of carbonyl (C=O) groups excluding carboxylic acids is 3. The van der Waals surface area contributed by atoms with Gasteiger partial charge in [-0.15, -0.1) is 0 Å². The van der Waals surface area contributed by atoms with E-state index in [1.54, 1.807) is 17.0 Å². The maximum Gasteiger partial charge on any atom is 0.328 e. The lowest BCUT2D eigenvalue weighted by Crippen LogP contribution is -2.49. The van der Waals surface area contributed by atoms with E-state index in [0.717, 1.165) is 50.0 Å². The molecule has 3 heterocycles. The van der Waals surface area contributed by atoms with Gasteiger partial charge in [-0.1, -0.05) is 0 Å². The quantitative estimate of drug-likeness (QED) is 0.691. The molecule has 0 bridgehead atoms. The summed E-state index contributed by atoms with van der Waals surface area (Å²) >= 11 is 0. The minimum absolute atomic E-state index is 0.0166. The minimum atomic E-state index is -0.416. The summed E-state index contributed by atoms with van der Waals surface area (Å²) in [5.41, 5.74) is 1.57. The molecule has 1 aromatic rings. The lowest BCUT2D eigenvalue weighted by atomic mass is 10.1. The molecular weight excluding hydrogens is 412 g/mol. The third kappa shape index (κ3) is 5.58. The summed E-state index contributed by atoms with van der Waals surface area (Å²) in [5, 5.41) is 5.68. The zero-order chi connectivity index (χ0) is 22.5. The van der Waals surface area contributed by atoms with Crippen LogP contribution in [0.1, 0.15) is 37.7 Å². The molecule has 4 rings (SSSR count). The Morgan fingerprint density at radius 2 is 1.78 bits per heavy atom. The third-order valence-electron chi connectivity index (χ3n) is 6.34. The fraction of sp³-hybridized carbons (Fsp3) is 0.609. The van der Waals surface area contributed by atoms with Crippen molar-refractivity contribution >= 4 is 23.5 Å². The third-order valence-corrected chi connectivity index (χ3v) is 6.34. The summed E-state index contributed by atoms with van der Waals surface area (Å²) in [6.45, 7) is 5.63. The van der Waals surface area contributed by atoms with Gasteiger partial charge in [0.1, 0.15) is 5.75 Å². The van der Waals surface area contributed by atoms with Crippen molar-refractivity contribution < 1.29 is 23.9 Å². The first kappa shape index (κ1) is 22.5. The molecule has 3 saturated heterocycles. The average molecular weight is 445 g/mol. The van der Waals surface area contributed by atoms with Crippen LogP contribution in [0.4, 0.5) is 10.5 Å². The van der Waals surface area contributed by atoms with Crippen molar-refractivity contribution in [3.05, 3.63) is 23.8 Å². The number of nitrogens with zero attached hydrogens (tertiary/aromatic N) is 2. The van der Waals surface area contributed by atoms with Crippen LogP contribution in [0.15, 0.2) is 18.2 Å². The van der Waals surface area contributed by atoms with E-state index in [4.69, 9.17) is 9.47 Å². The van der Waals surface area contributed by atoms with Gasteiger partial charge in [0.2, 0.25) is 5.91 Å². The van der Waals surface area contributed by atoms with E-state index in [0.29, 0.717) is 31.5 Å². The molecule has 0 atom stereocenters. The topological polar surface area (TPSA) is 100 Å². The average Bonchev–Trinajstić information content (AvgIpc) is 2.79. The predicted octanol–water partition coefficient (Wildman–Crippen LogP) is 1.58. The second-order valence-electron chi connectivity index (χ2n) is 8.66. The number of amides is 4. The molecule has 174 valence electrons. The van der Waals surface area contributed by atoms with Gasteiger partial charge in [-0.3, -0.25) is 19.8 Å². The summed E-state index contributed by atoms with van der Waals surface area (Å²) in [6, 6.07) is 4.93. The van der Waals surface area contributed by atoms with Crippen LogP contribution in [-0.2, 0) is 14.3 Å². The summed E-state index contributed by atoms with van der Waals surface area (Å²) < 4.78 is 12.0. The number of piperidine rings is 2. The van der Waals surface area contributed by atoms with Crippen molar-refractivity contribution in [1.82, 2.24) is 15.5 Å². The highest BCUT2D eigenvalue weighted by atomic mass is 16.5. The zero-order valence-electron chi connectivity index (χ0n) is 18.6. The molecule has 9 nitrogen and oxygen atoms in total. The second kappa shape index (κ2) is 10.3. The van der Waals surface area contributed by atoms with Gasteiger partial charge in [0, 0.05) is 31.7 Å². The summed E-state index contributed by atoms with van der Waals surface area (Å²) in [6.07, 6.45) is 4.71. The molecule has 3 aliphatic rings. The van der Waals surface area contributed by atoms with Crippen molar-refractivity contribution in [2.24, 2.45) is 0 Å². The highest BCUT2D eigenvalue weighted by Crippen LogP contribution is 2.26. The second-order valence-corrected chi connectivity index (χ2v) is 8.66. The molecule has 9 heteroatoms. The van der Waals surface area contributed by atoms with Gasteiger partial charge in [-0.2, -0.15) is 0 Å². The molecule has 0 unspecified atom stereocenters. The number of aryl methyl sites for hydroxylation is 1. The first-order valence-electron chi connectivity index (χ1n) is 11.5. The number of benzene rings is 1. The molecule has 1 aromatic carbocycles. The van der Waals surface area contributed by atoms with E-state index in [2.05, 4.69) is 10.6 Å². The van der Waals surface area contributed by atoms with Crippen LogP contribution in [0.2, 0.25) is 0 Å². The maximum absolute atomic E-state index is 12.6. The molecule has 0 spiro atoms. The molecule has 0 radical (unpaired) electrons. The monoisotopic (exact) mass is 444 g/mol. The van der Waals surface area contributed by atoms with Crippen molar-refractivity contribution in [3.8, 4) is 5.75 Å². The first-order chi connectivity index (χ1) is 15.5. The summed E-state index contributed by atoms with van der Waals surface area (Å²) in [5.74, 6) is 0.294. The standard InChI is InChI=1S/C23H32N4O5/c1-16-14-19(2-3-20(16)27-13-8-21(28)25-23(27)30)31-15-22(29)26-11-6-18(7-12-26)32-17-4-9-24-10-5-17/h2-3,14,17-18,24H,4-13,15H2,1H3,(H,25,28,30). The number of rotatable bonds is 6. The van der Waals surface area contributed by atoms with Gasteiger partial charge >= 0.3 is 6.03 Å². The Bertz CT molecular complexity index is 847. The van der Waals surface area contributed by atoms with Crippen LogP contribution < -0.4 is 20.3 Å². The molecule has 2 N–H and O–H groups in total. The van der Waals surface area contributed by atoms with Crippen molar-refractivity contribution in [1.29, 1.82) is 0 Å². The van der Waals surface area contributed by atoms with Crippen molar-refractivity contribution in [2.45, 2.75) is 51.2 Å². The van der Waals surface area contributed by atoms with Gasteiger partial charge in [0.15, 0.2) is 6.61 Å². The van der Waals surface area contributed by atoms with E-state index < -0.39 is 6.03 Å². The van der Waals surface area contributed by atoms with E-state index in [-0.39, 0.29) is 30.9 Å². The van der Waals surface area contributed by atoms with E-state index in [9.17, 15) is 14.4 Å². The van der Waals surface area contributed by atoms with E-state index in [1.807, 2.05) is 17.9 Å². The van der Waals surface area contributed by atoms with Crippen LogP contribution in [0.3, 0.4) is 0 Å². The Balaban J connectivity index is 1.23. The first-order valence-corrected chi connectivity index (χ1v) is 11.5. The number of hydrogen-bond donors (Lipinski definition) is 2. The van der Waals surface area contributed by atoms with Crippen LogP contribution in [0.25, 0.3) is 0 Å². The van der Waals surface area contributed by atoms with Gasteiger partial charge in [0.25, 0.3) is 5.91 Å². The van der Waals surface area contributed by atoms with Gasteiger partial charge in [0.05, 0.1) is 12.2 Å². The Kier molecular flexibility index (Phi) is 7.26. The molecule has 0 saturated carbocycles. The fourth-order valence-corrected chi connectivity index (χ4v) is 4.50. The number of likely N-dealkylation sites (tertiary alicyclic amines) is 1. The number of carbonyl (C=O) groups is 3. The largest absolute Gasteiger partial charge is 0.484 e. The fourth-order valence-electron chi connectivity index (χ4n) is 4.50. The molecule has 32 heavy (non-hydrogen) atoms. The zero-order valence-corrected chi connectivity index (χ0v) is 18.6. The van der Waals surface area contributed by atoms with Crippen molar-refractivity contribution in [3.63, 3.8) is 0 Å². The number of ether oxygens (including phenoxy) is 2. The highest BCUT2D eigenvalue weighted by Gasteiger charge is 2.27. The van der Waals surface area contributed by atoms with E-state index >= 15 is 0 Å². The Labute approximate surface area is 188 Å². The maximum atomic E-state index is 12.6. The predicted molar refractivity (Wildman–Crippen MR) is 119 cm³/mol. The van der Waals surface area contributed by atoms with Gasteiger partial charge in [-0.05, 0) is 69.5 Å². The summed E-state index contributed by atoms with van der Waals surface area (Å²) in [7, 11) is 0. The molecule has 0 aromatic heterocycles. The molecule has 3 fully saturated rings. The normalized spacial score (nSPS) is 20.9. The molecule has 4 amide bonds. The summed E-state index contributed by atoms with van der Waals surface area (Å²) in [4.78, 5) is 39.4. The van der Waals surface area contributed by atoms with Crippen LogP contribution in [0, 0.1) is 6.92 Å². The Morgan fingerprint density at radius 1 is 1.06 bits per heavy atom. The smallest absolute Gasteiger partial charge is 0.328 e. The lowest BCUT2D eigenvalue weighted by molar-refractivity contribution is -0.137. The van der Waals surface area contributed by atoms with Crippen LogP contribution in [-0.4, -0.2) is 74.3 Å². The van der Waals surface area contributed by atoms with Gasteiger partial charge < -0.3 is 19.7 Å². The minimum Gasteiger partial charge on any atom is -0.484 e.